The van der Waals surface area contributed by atoms with Gasteiger partial charge in [-0.05, 0) is 71.5 Å². The molecule has 2 aliphatic rings. The molecule has 0 radical (unpaired) electrons. The van der Waals surface area contributed by atoms with E-state index in [4.69, 9.17) is 9.57 Å². The van der Waals surface area contributed by atoms with Gasteiger partial charge >= 0.3 is 6.16 Å². The SMILES string of the molecule is CCOC(=O)ON1C(C)CC(N2CCC(c3ccc[nH]c3=O)CC2)CC1C. The molecule has 7 nitrogen and oxygen atoms in total. The predicted octanol–water partition coefficient (Wildman–Crippen LogP) is 2.88. The largest absolute Gasteiger partial charge is 0.527 e. The quantitative estimate of drug-likeness (QED) is 0.814. The summed E-state index contributed by atoms with van der Waals surface area (Å²) in [6.45, 7) is 8.28. The van der Waals surface area contributed by atoms with Crippen molar-refractivity contribution in [1.82, 2.24) is 14.9 Å². The molecule has 1 N–H and O–H groups in total. The minimum absolute atomic E-state index is 0.0441. The molecule has 0 saturated carbocycles. The second kappa shape index (κ2) is 8.89. The molecule has 2 unspecified atom stereocenters. The van der Waals surface area contributed by atoms with Crippen LogP contribution in [0.3, 0.4) is 0 Å². The van der Waals surface area contributed by atoms with Crippen molar-refractivity contribution in [3.05, 3.63) is 34.2 Å². The van der Waals surface area contributed by atoms with Gasteiger partial charge in [-0.15, -0.1) is 5.06 Å². The lowest BCUT2D eigenvalue weighted by molar-refractivity contribution is -0.196. The minimum atomic E-state index is -0.622. The zero-order valence-corrected chi connectivity index (χ0v) is 16.5. The van der Waals surface area contributed by atoms with Crippen molar-refractivity contribution in [2.75, 3.05) is 19.7 Å². The molecule has 1 aromatic heterocycles. The molecular formula is C20H31N3O4. The number of rotatable bonds is 4. The maximum atomic E-state index is 12.0. The Morgan fingerprint density at radius 2 is 1.89 bits per heavy atom. The van der Waals surface area contributed by atoms with E-state index in [0.717, 1.165) is 44.3 Å². The highest BCUT2D eigenvalue weighted by Gasteiger charge is 2.37. The van der Waals surface area contributed by atoms with Gasteiger partial charge in [0.1, 0.15) is 0 Å². The highest BCUT2D eigenvalue weighted by molar-refractivity contribution is 5.59. The summed E-state index contributed by atoms with van der Waals surface area (Å²) in [6.07, 6.45) is 5.00. The molecule has 0 aromatic carbocycles. The van der Waals surface area contributed by atoms with E-state index < -0.39 is 6.16 Å². The van der Waals surface area contributed by atoms with Crippen LogP contribution in [0, 0.1) is 0 Å². The van der Waals surface area contributed by atoms with Gasteiger partial charge < -0.3 is 19.5 Å². The van der Waals surface area contributed by atoms with Gasteiger partial charge in [0.15, 0.2) is 0 Å². The third kappa shape index (κ3) is 4.71. The fraction of sp³-hybridized carbons (Fsp3) is 0.700. The zero-order chi connectivity index (χ0) is 19.4. The van der Waals surface area contributed by atoms with Gasteiger partial charge in [-0.1, -0.05) is 6.07 Å². The Kier molecular flexibility index (Phi) is 6.55. The number of likely N-dealkylation sites (tertiary alicyclic amines) is 1. The van der Waals surface area contributed by atoms with Gasteiger partial charge in [0.2, 0.25) is 0 Å². The molecule has 3 rings (SSSR count). The first-order chi connectivity index (χ1) is 13.0. The van der Waals surface area contributed by atoms with E-state index in [9.17, 15) is 9.59 Å². The lowest BCUT2D eigenvalue weighted by Gasteiger charge is -2.46. The lowest BCUT2D eigenvalue weighted by Crippen LogP contribution is -2.54. The molecule has 0 bridgehead atoms. The van der Waals surface area contributed by atoms with Crippen molar-refractivity contribution >= 4 is 6.16 Å². The van der Waals surface area contributed by atoms with Crippen LogP contribution in [0.5, 0.6) is 0 Å². The Hall–Kier alpha value is -1.86. The lowest BCUT2D eigenvalue weighted by atomic mass is 9.87. The maximum absolute atomic E-state index is 12.0. The van der Waals surface area contributed by atoms with Crippen LogP contribution in [0.1, 0.15) is 57.9 Å². The molecule has 3 heterocycles. The van der Waals surface area contributed by atoms with Crippen molar-refractivity contribution in [3.8, 4) is 0 Å². The van der Waals surface area contributed by atoms with Crippen molar-refractivity contribution in [1.29, 1.82) is 0 Å². The summed E-state index contributed by atoms with van der Waals surface area (Å²) in [6, 6.07) is 4.64. The topological polar surface area (TPSA) is 74.9 Å². The molecule has 150 valence electrons. The number of hydrogen-bond donors (Lipinski definition) is 1. The van der Waals surface area contributed by atoms with Crippen LogP contribution in [0.4, 0.5) is 4.79 Å². The van der Waals surface area contributed by atoms with E-state index in [0.29, 0.717) is 18.6 Å². The van der Waals surface area contributed by atoms with Gasteiger partial charge in [-0.25, -0.2) is 4.79 Å². The number of hydrogen-bond acceptors (Lipinski definition) is 6. The molecule has 2 atom stereocenters. The summed E-state index contributed by atoms with van der Waals surface area (Å²) in [5.41, 5.74) is 0.958. The molecule has 2 saturated heterocycles. The highest BCUT2D eigenvalue weighted by Crippen LogP contribution is 2.32. The maximum Gasteiger partial charge on any atom is 0.527 e. The first-order valence-electron chi connectivity index (χ1n) is 10.0. The second-order valence-electron chi connectivity index (χ2n) is 7.72. The molecule has 7 heteroatoms. The Labute approximate surface area is 160 Å². The summed E-state index contributed by atoms with van der Waals surface area (Å²) in [5.74, 6) is 0.341. The summed E-state index contributed by atoms with van der Waals surface area (Å²) in [4.78, 5) is 34.4. The molecule has 0 aliphatic carbocycles. The molecule has 0 spiro atoms. The smallest absolute Gasteiger partial charge is 0.433 e. The number of nitrogens with one attached hydrogen (secondary N) is 1. The Morgan fingerprint density at radius 3 is 2.48 bits per heavy atom. The molecular weight excluding hydrogens is 346 g/mol. The number of carbonyl (C=O) groups is 1. The van der Waals surface area contributed by atoms with Crippen LogP contribution in [-0.4, -0.2) is 58.9 Å². The standard InChI is InChI=1S/C20H31N3O4/c1-4-26-20(25)27-23-14(2)12-17(13-15(23)3)22-10-7-16(8-11-22)18-6-5-9-21-19(18)24/h5-6,9,14-17H,4,7-8,10-13H2,1-3H3,(H,21,24). The Bertz CT molecular complexity index is 672. The third-order valence-corrected chi connectivity index (χ3v) is 5.87. The van der Waals surface area contributed by atoms with Crippen LogP contribution in [-0.2, 0) is 9.57 Å². The monoisotopic (exact) mass is 377 g/mol. The van der Waals surface area contributed by atoms with Crippen LogP contribution in [0.15, 0.2) is 23.1 Å². The van der Waals surface area contributed by atoms with Crippen LogP contribution in [0.2, 0.25) is 0 Å². The van der Waals surface area contributed by atoms with Gasteiger partial charge in [0.25, 0.3) is 5.56 Å². The first-order valence-corrected chi connectivity index (χ1v) is 10.0. The number of hydroxylamine groups is 2. The summed E-state index contributed by atoms with van der Waals surface area (Å²) < 4.78 is 4.91. The molecule has 2 fully saturated rings. The molecule has 1 aromatic rings. The minimum Gasteiger partial charge on any atom is -0.433 e. The third-order valence-electron chi connectivity index (χ3n) is 5.87. The number of aromatic amines is 1. The van der Waals surface area contributed by atoms with Gasteiger partial charge in [0.05, 0.1) is 6.61 Å². The van der Waals surface area contributed by atoms with E-state index in [1.165, 1.54) is 0 Å². The van der Waals surface area contributed by atoms with Crippen molar-refractivity contribution in [2.45, 2.75) is 70.5 Å². The number of aromatic nitrogens is 1. The van der Waals surface area contributed by atoms with E-state index in [-0.39, 0.29) is 17.6 Å². The van der Waals surface area contributed by atoms with E-state index in [1.807, 2.05) is 12.1 Å². The average molecular weight is 377 g/mol. The van der Waals surface area contributed by atoms with Crippen molar-refractivity contribution in [3.63, 3.8) is 0 Å². The molecule has 27 heavy (non-hydrogen) atoms. The first kappa shape index (κ1) is 19.9. The fourth-order valence-electron chi connectivity index (χ4n) is 4.57. The Balaban J connectivity index is 1.54. The van der Waals surface area contributed by atoms with Gasteiger partial charge in [0, 0.05) is 29.9 Å². The molecule has 2 aliphatic heterocycles. The number of nitrogens with zero attached hydrogens (tertiary/aromatic N) is 2. The number of pyridine rings is 1. The van der Waals surface area contributed by atoms with E-state index in [2.05, 4.69) is 23.7 Å². The predicted molar refractivity (Wildman–Crippen MR) is 103 cm³/mol. The summed E-state index contributed by atoms with van der Waals surface area (Å²) in [7, 11) is 0. The number of carbonyl (C=O) groups excluding carboxylic acids is 1. The normalized spacial score (nSPS) is 28.0. The zero-order valence-electron chi connectivity index (χ0n) is 16.5. The van der Waals surface area contributed by atoms with Crippen LogP contribution in [0.25, 0.3) is 0 Å². The number of ether oxygens (including phenoxy) is 1. The summed E-state index contributed by atoms with van der Waals surface area (Å²) in [5, 5.41) is 1.78. The van der Waals surface area contributed by atoms with Gasteiger partial charge in [-0.2, -0.15) is 0 Å². The number of H-pyrrole nitrogens is 1. The average Bonchev–Trinajstić information content (AvgIpc) is 2.65. The number of piperidine rings is 2. The van der Waals surface area contributed by atoms with Crippen LogP contribution < -0.4 is 5.56 Å². The fourth-order valence-corrected chi connectivity index (χ4v) is 4.57. The van der Waals surface area contributed by atoms with Crippen LogP contribution >= 0.6 is 0 Å². The van der Waals surface area contributed by atoms with Gasteiger partial charge in [-0.3, -0.25) is 4.79 Å². The van der Waals surface area contributed by atoms with Crippen molar-refractivity contribution in [2.24, 2.45) is 0 Å². The van der Waals surface area contributed by atoms with E-state index >= 15 is 0 Å². The molecule has 0 amide bonds. The van der Waals surface area contributed by atoms with E-state index in [1.54, 1.807) is 18.2 Å². The van der Waals surface area contributed by atoms with Crippen molar-refractivity contribution < 1.29 is 14.4 Å². The second-order valence-corrected chi connectivity index (χ2v) is 7.72. The highest BCUT2D eigenvalue weighted by atomic mass is 16.8. The summed E-state index contributed by atoms with van der Waals surface area (Å²) >= 11 is 0. The Morgan fingerprint density at radius 1 is 1.22 bits per heavy atom.